The first-order valence-corrected chi connectivity index (χ1v) is 8.51. The summed E-state index contributed by atoms with van der Waals surface area (Å²) in [6.07, 6.45) is 6.14. The van der Waals surface area contributed by atoms with Crippen LogP contribution < -0.4 is 5.73 Å². The maximum Gasteiger partial charge on any atom is 0.0787 e. The first-order chi connectivity index (χ1) is 9.75. The highest BCUT2D eigenvalue weighted by Crippen LogP contribution is 2.61. The van der Waals surface area contributed by atoms with E-state index in [-0.39, 0.29) is 10.8 Å². The largest absolute Gasteiger partial charge is 0.393 e. The zero-order valence-corrected chi connectivity index (χ0v) is 14.3. The molecule has 0 spiro atoms. The van der Waals surface area contributed by atoms with E-state index in [1.54, 1.807) is 0 Å². The molecule has 3 unspecified atom stereocenters. The Bertz CT molecular complexity index is 550. The Labute approximate surface area is 134 Å². The predicted octanol–water partition coefficient (Wildman–Crippen LogP) is 4.84. The molecule has 0 saturated heterocycles. The lowest BCUT2D eigenvalue weighted by atomic mass is 9.47. The molecule has 2 N–H and O–H groups in total. The van der Waals surface area contributed by atoms with Crippen molar-refractivity contribution in [2.75, 3.05) is 0 Å². The Hall–Kier alpha value is -0.890. The molecule has 1 nitrogen and oxygen atoms in total. The van der Waals surface area contributed by atoms with Gasteiger partial charge in [-0.15, -0.1) is 0 Å². The zero-order chi connectivity index (χ0) is 15.3. The second-order valence-corrected chi connectivity index (χ2v) is 9.01. The molecule has 1 aromatic rings. The maximum atomic E-state index is 6.14. The van der Waals surface area contributed by atoms with Crippen molar-refractivity contribution in [3.63, 3.8) is 0 Å². The average molecular weight is 301 g/mol. The lowest BCUT2D eigenvalue weighted by Gasteiger charge is -2.57. The third kappa shape index (κ3) is 2.63. The standard InChI is InChI=1S/C19H27NS/c1-17(2)9-14-10-18(3,16(20)21)13-19(11-14,12-17)15-7-5-4-6-8-15/h4-8,14H,9-13H2,1-3H3,(H2,20,21). The molecule has 1 aromatic carbocycles. The third-order valence-corrected chi connectivity index (χ3v) is 6.28. The second kappa shape index (κ2) is 4.81. The number of fused-ring (bicyclic) bond motifs is 2. The lowest BCUT2D eigenvalue weighted by molar-refractivity contribution is 0.0134. The molecular formula is C19H27NS. The summed E-state index contributed by atoms with van der Waals surface area (Å²) < 4.78 is 0. The van der Waals surface area contributed by atoms with E-state index >= 15 is 0 Å². The van der Waals surface area contributed by atoms with E-state index in [0.29, 0.717) is 10.4 Å². The van der Waals surface area contributed by atoms with Gasteiger partial charge in [0.15, 0.2) is 0 Å². The predicted molar refractivity (Wildman–Crippen MR) is 93.4 cm³/mol. The number of benzene rings is 1. The van der Waals surface area contributed by atoms with Crippen LogP contribution in [0.2, 0.25) is 0 Å². The number of hydrogen-bond donors (Lipinski definition) is 1. The molecule has 0 amide bonds. The summed E-state index contributed by atoms with van der Waals surface area (Å²) in [4.78, 5) is 0.715. The molecule has 2 saturated carbocycles. The number of nitrogens with two attached hydrogens (primary N) is 1. The Balaban J connectivity index is 2.07. The van der Waals surface area contributed by atoms with E-state index in [4.69, 9.17) is 18.0 Å². The zero-order valence-electron chi connectivity index (χ0n) is 13.5. The van der Waals surface area contributed by atoms with Crippen LogP contribution in [0.1, 0.15) is 58.4 Å². The Morgan fingerprint density at radius 1 is 1.05 bits per heavy atom. The van der Waals surface area contributed by atoms with Crippen LogP contribution in [0.25, 0.3) is 0 Å². The van der Waals surface area contributed by atoms with E-state index in [1.807, 2.05) is 0 Å². The number of hydrogen-bond acceptors (Lipinski definition) is 1. The maximum absolute atomic E-state index is 6.14. The van der Waals surface area contributed by atoms with Crippen LogP contribution in [0, 0.1) is 16.7 Å². The van der Waals surface area contributed by atoms with Gasteiger partial charge in [0.25, 0.3) is 0 Å². The molecule has 0 aromatic heterocycles. The van der Waals surface area contributed by atoms with Crippen LogP contribution >= 0.6 is 12.2 Å². The van der Waals surface area contributed by atoms with Crippen LogP contribution in [-0.4, -0.2) is 4.99 Å². The molecule has 0 aliphatic heterocycles. The lowest BCUT2D eigenvalue weighted by Crippen LogP contribution is -2.52. The van der Waals surface area contributed by atoms with Gasteiger partial charge in [-0.1, -0.05) is 63.3 Å². The van der Waals surface area contributed by atoms with E-state index in [2.05, 4.69) is 51.1 Å². The van der Waals surface area contributed by atoms with Crippen molar-refractivity contribution < 1.29 is 0 Å². The summed E-state index contributed by atoms with van der Waals surface area (Å²) in [7, 11) is 0. The fourth-order valence-corrected chi connectivity index (χ4v) is 5.66. The highest BCUT2D eigenvalue weighted by atomic mass is 32.1. The Morgan fingerprint density at radius 2 is 1.71 bits per heavy atom. The van der Waals surface area contributed by atoms with Gasteiger partial charge in [0.05, 0.1) is 4.99 Å². The molecule has 0 radical (unpaired) electrons. The summed E-state index contributed by atoms with van der Waals surface area (Å²) in [6, 6.07) is 11.1. The van der Waals surface area contributed by atoms with Crippen LogP contribution in [0.3, 0.4) is 0 Å². The minimum absolute atomic E-state index is 0.0184. The van der Waals surface area contributed by atoms with Gasteiger partial charge in [0.1, 0.15) is 0 Å². The van der Waals surface area contributed by atoms with Crippen molar-refractivity contribution in [3.05, 3.63) is 35.9 Å². The second-order valence-electron chi connectivity index (χ2n) is 8.57. The van der Waals surface area contributed by atoms with Gasteiger partial charge < -0.3 is 5.73 Å². The molecule has 2 bridgehead atoms. The molecule has 2 aliphatic rings. The summed E-state index contributed by atoms with van der Waals surface area (Å²) in [5.74, 6) is 0.745. The van der Waals surface area contributed by atoms with Crippen molar-refractivity contribution in [2.24, 2.45) is 22.5 Å². The van der Waals surface area contributed by atoms with Gasteiger partial charge in [-0.2, -0.15) is 0 Å². The van der Waals surface area contributed by atoms with Crippen LogP contribution in [0.15, 0.2) is 30.3 Å². The fraction of sp³-hybridized carbons (Fsp3) is 0.632. The minimum atomic E-state index is 0.0184. The van der Waals surface area contributed by atoms with E-state index < -0.39 is 0 Å². The minimum Gasteiger partial charge on any atom is -0.393 e. The molecule has 2 fully saturated rings. The number of thiocarbonyl (C=S) groups is 1. The van der Waals surface area contributed by atoms with Crippen LogP contribution in [-0.2, 0) is 5.41 Å². The molecule has 114 valence electrons. The Morgan fingerprint density at radius 3 is 2.33 bits per heavy atom. The molecule has 21 heavy (non-hydrogen) atoms. The highest BCUT2D eigenvalue weighted by molar-refractivity contribution is 7.80. The van der Waals surface area contributed by atoms with Gasteiger partial charge in [0.2, 0.25) is 0 Å². The molecule has 3 rings (SSSR count). The monoisotopic (exact) mass is 301 g/mol. The highest BCUT2D eigenvalue weighted by Gasteiger charge is 2.53. The van der Waals surface area contributed by atoms with Gasteiger partial charge >= 0.3 is 0 Å². The van der Waals surface area contributed by atoms with Crippen molar-refractivity contribution in [2.45, 2.75) is 58.3 Å². The van der Waals surface area contributed by atoms with Crippen LogP contribution in [0.5, 0.6) is 0 Å². The summed E-state index contributed by atoms with van der Waals surface area (Å²) in [5.41, 5.74) is 8.32. The van der Waals surface area contributed by atoms with Crippen molar-refractivity contribution >= 4 is 17.2 Å². The van der Waals surface area contributed by atoms with Crippen molar-refractivity contribution in [1.82, 2.24) is 0 Å². The molecule has 2 aliphatic carbocycles. The average Bonchev–Trinajstić information content (AvgIpc) is 2.36. The van der Waals surface area contributed by atoms with Gasteiger partial charge in [-0.3, -0.25) is 0 Å². The van der Waals surface area contributed by atoms with Gasteiger partial charge in [0, 0.05) is 5.41 Å². The fourth-order valence-electron chi connectivity index (χ4n) is 5.50. The smallest absolute Gasteiger partial charge is 0.0787 e. The van der Waals surface area contributed by atoms with Crippen molar-refractivity contribution in [1.29, 1.82) is 0 Å². The number of rotatable bonds is 2. The first-order valence-electron chi connectivity index (χ1n) is 8.10. The van der Waals surface area contributed by atoms with E-state index in [1.165, 1.54) is 31.2 Å². The first kappa shape index (κ1) is 15.0. The van der Waals surface area contributed by atoms with E-state index in [0.717, 1.165) is 12.3 Å². The summed E-state index contributed by atoms with van der Waals surface area (Å²) in [6.45, 7) is 7.15. The molecule has 3 atom stereocenters. The third-order valence-electron chi connectivity index (χ3n) is 5.79. The summed E-state index contributed by atoms with van der Waals surface area (Å²) in [5, 5.41) is 0. The quantitative estimate of drug-likeness (QED) is 0.791. The molecular weight excluding hydrogens is 274 g/mol. The van der Waals surface area contributed by atoms with E-state index in [9.17, 15) is 0 Å². The van der Waals surface area contributed by atoms with Gasteiger partial charge in [-0.05, 0) is 54.4 Å². The normalized spacial score (nSPS) is 38.0. The van der Waals surface area contributed by atoms with Crippen LogP contribution in [0.4, 0.5) is 0 Å². The molecule has 0 heterocycles. The molecule has 2 heteroatoms. The SMILES string of the molecule is CC1(C)CC2CC(C)(C(N)=S)CC(c3ccccc3)(C2)C1. The van der Waals surface area contributed by atoms with Crippen molar-refractivity contribution in [3.8, 4) is 0 Å². The van der Waals surface area contributed by atoms with Gasteiger partial charge in [-0.25, -0.2) is 0 Å². The summed E-state index contributed by atoms with van der Waals surface area (Å²) >= 11 is 5.44. The topological polar surface area (TPSA) is 26.0 Å². The Kier molecular flexibility index (Phi) is 3.44.